The van der Waals surface area contributed by atoms with Crippen molar-refractivity contribution in [1.82, 2.24) is 9.29 Å². The van der Waals surface area contributed by atoms with E-state index in [4.69, 9.17) is 0 Å². The van der Waals surface area contributed by atoms with Crippen LogP contribution in [0, 0.1) is 10.1 Å². The summed E-state index contributed by atoms with van der Waals surface area (Å²) in [5.74, 6) is 0. The largest absolute Gasteiger partial charge is 0.345 e. The van der Waals surface area contributed by atoms with Crippen molar-refractivity contribution < 1.29 is 13.3 Å². The standard InChI is InChI=1S/C17H16N4O4S2/c22-21(23)13-6-7-15-16(12-13)26-17(18-15)19-8-10-20(11-9-19)27(24,25)14-4-2-1-3-5-14/h1-7,12H,8-11H2. The van der Waals surface area contributed by atoms with Crippen LogP contribution in [0.4, 0.5) is 10.8 Å². The third kappa shape index (κ3) is 3.38. The average molecular weight is 404 g/mol. The minimum absolute atomic E-state index is 0.0384. The maximum atomic E-state index is 12.7. The van der Waals surface area contributed by atoms with Gasteiger partial charge in [0.05, 0.1) is 20.0 Å². The van der Waals surface area contributed by atoms with Crippen molar-refractivity contribution in [2.75, 3.05) is 31.1 Å². The molecule has 0 N–H and O–H groups in total. The molecule has 4 rings (SSSR count). The van der Waals surface area contributed by atoms with Crippen molar-refractivity contribution in [3.63, 3.8) is 0 Å². The lowest BCUT2D eigenvalue weighted by atomic mass is 10.3. The lowest BCUT2D eigenvalue weighted by molar-refractivity contribution is -0.384. The lowest BCUT2D eigenvalue weighted by Gasteiger charge is -2.33. The molecule has 1 aliphatic heterocycles. The molecule has 2 aromatic carbocycles. The zero-order valence-electron chi connectivity index (χ0n) is 14.2. The average Bonchev–Trinajstić information content (AvgIpc) is 3.12. The molecule has 2 heterocycles. The van der Waals surface area contributed by atoms with Crippen LogP contribution in [0.5, 0.6) is 0 Å². The summed E-state index contributed by atoms with van der Waals surface area (Å²) in [4.78, 5) is 17.3. The number of sulfonamides is 1. The van der Waals surface area contributed by atoms with E-state index in [0.717, 1.165) is 9.83 Å². The van der Waals surface area contributed by atoms with Crippen molar-refractivity contribution in [2.45, 2.75) is 4.90 Å². The molecule has 3 aromatic rings. The zero-order valence-corrected chi connectivity index (χ0v) is 15.8. The van der Waals surface area contributed by atoms with Gasteiger partial charge in [0.15, 0.2) is 5.13 Å². The Kier molecular flexibility index (Phi) is 4.54. The fourth-order valence-electron chi connectivity index (χ4n) is 3.01. The summed E-state index contributed by atoms with van der Waals surface area (Å²) in [5, 5.41) is 11.7. The Balaban J connectivity index is 1.51. The smallest absolute Gasteiger partial charge is 0.270 e. The Hall–Kier alpha value is -2.56. The van der Waals surface area contributed by atoms with Crippen molar-refractivity contribution >= 4 is 42.4 Å². The highest BCUT2D eigenvalue weighted by atomic mass is 32.2. The van der Waals surface area contributed by atoms with Gasteiger partial charge in [-0.1, -0.05) is 29.5 Å². The second-order valence-electron chi connectivity index (χ2n) is 6.11. The topological polar surface area (TPSA) is 96.7 Å². The first-order valence-electron chi connectivity index (χ1n) is 8.30. The molecule has 27 heavy (non-hydrogen) atoms. The Morgan fingerprint density at radius 2 is 1.74 bits per heavy atom. The minimum atomic E-state index is -3.49. The van der Waals surface area contributed by atoms with Gasteiger partial charge in [-0.15, -0.1) is 0 Å². The van der Waals surface area contributed by atoms with Crippen molar-refractivity contribution in [3.8, 4) is 0 Å². The van der Waals surface area contributed by atoms with Crippen LogP contribution in [0.1, 0.15) is 0 Å². The molecular weight excluding hydrogens is 388 g/mol. The SMILES string of the molecule is O=[N+]([O-])c1ccc2nc(N3CCN(S(=O)(=O)c4ccccc4)CC3)sc2c1. The monoisotopic (exact) mass is 404 g/mol. The molecule has 1 fully saturated rings. The predicted octanol–water partition coefficient (Wildman–Crippen LogP) is 2.72. The van der Waals surface area contributed by atoms with Gasteiger partial charge in [0.2, 0.25) is 10.0 Å². The summed E-state index contributed by atoms with van der Waals surface area (Å²) in [6, 6.07) is 13.0. The molecule has 1 aliphatic rings. The Morgan fingerprint density at radius 1 is 1.04 bits per heavy atom. The third-order valence-electron chi connectivity index (χ3n) is 4.46. The van der Waals surface area contributed by atoms with Crippen LogP contribution in [0.3, 0.4) is 0 Å². The maximum absolute atomic E-state index is 12.7. The summed E-state index contributed by atoms with van der Waals surface area (Å²) in [6.07, 6.45) is 0. The number of fused-ring (bicyclic) bond motifs is 1. The van der Waals surface area contributed by atoms with Gasteiger partial charge in [0.1, 0.15) is 0 Å². The van der Waals surface area contributed by atoms with E-state index >= 15 is 0 Å². The summed E-state index contributed by atoms with van der Waals surface area (Å²) in [5.41, 5.74) is 0.747. The summed E-state index contributed by atoms with van der Waals surface area (Å²) in [7, 11) is -3.49. The number of nitrogens with zero attached hydrogens (tertiary/aromatic N) is 4. The number of nitro benzene ring substituents is 1. The number of aromatic nitrogens is 1. The number of thiazole rings is 1. The van der Waals surface area contributed by atoms with E-state index in [1.807, 2.05) is 4.90 Å². The van der Waals surface area contributed by atoms with Crippen molar-refractivity contribution in [1.29, 1.82) is 0 Å². The molecular formula is C17H16N4O4S2. The number of hydrogen-bond donors (Lipinski definition) is 0. The number of piperazine rings is 1. The number of nitro groups is 1. The summed E-state index contributed by atoms with van der Waals surface area (Å²) in [6.45, 7) is 1.78. The molecule has 0 aliphatic carbocycles. The maximum Gasteiger partial charge on any atom is 0.270 e. The fraction of sp³-hybridized carbons (Fsp3) is 0.235. The molecule has 140 valence electrons. The van der Waals surface area contributed by atoms with Gasteiger partial charge < -0.3 is 4.90 Å². The lowest BCUT2D eigenvalue weighted by Crippen LogP contribution is -2.48. The van der Waals surface area contributed by atoms with E-state index in [-0.39, 0.29) is 5.69 Å². The van der Waals surface area contributed by atoms with E-state index in [1.54, 1.807) is 36.4 Å². The highest BCUT2D eigenvalue weighted by Crippen LogP contribution is 2.32. The van der Waals surface area contributed by atoms with Crippen LogP contribution < -0.4 is 4.90 Å². The first-order valence-corrected chi connectivity index (χ1v) is 10.6. The second-order valence-corrected chi connectivity index (χ2v) is 9.06. The van der Waals surface area contributed by atoms with Gasteiger partial charge in [-0.3, -0.25) is 10.1 Å². The molecule has 1 aromatic heterocycles. The van der Waals surface area contributed by atoms with E-state index in [1.165, 1.54) is 27.8 Å². The van der Waals surface area contributed by atoms with E-state index in [2.05, 4.69) is 4.98 Å². The first-order chi connectivity index (χ1) is 12.9. The van der Waals surface area contributed by atoms with Crippen LogP contribution in [0.25, 0.3) is 10.2 Å². The molecule has 10 heteroatoms. The Labute approximate surface area is 159 Å². The van der Waals surface area contributed by atoms with Gasteiger partial charge in [-0.2, -0.15) is 4.31 Å². The van der Waals surface area contributed by atoms with Gasteiger partial charge in [-0.05, 0) is 18.2 Å². The predicted molar refractivity (Wildman–Crippen MR) is 104 cm³/mol. The number of benzene rings is 2. The number of anilines is 1. The van der Waals surface area contributed by atoms with E-state index in [0.29, 0.717) is 36.6 Å². The van der Waals surface area contributed by atoms with Crippen molar-refractivity contribution in [3.05, 3.63) is 58.6 Å². The fourth-order valence-corrected chi connectivity index (χ4v) is 5.50. The van der Waals surface area contributed by atoms with Crippen LogP contribution in [0.15, 0.2) is 53.4 Å². The van der Waals surface area contributed by atoms with Crippen LogP contribution in [0.2, 0.25) is 0 Å². The quantitative estimate of drug-likeness (QED) is 0.490. The molecule has 0 radical (unpaired) electrons. The van der Waals surface area contributed by atoms with E-state index in [9.17, 15) is 18.5 Å². The molecule has 0 bridgehead atoms. The molecule has 0 atom stereocenters. The summed E-state index contributed by atoms with van der Waals surface area (Å²) < 4.78 is 27.6. The van der Waals surface area contributed by atoms with Gasteiger partial charge in [0, 0.05) is 38.3 Å². The normalized spacial score (nSPS) is 15.9. The number of hydrogen-bond acceptors (Lipinski definition) is 7. The number of non-ortho nitro benzene ring substituents is 1. The Bertz CT molecular complexity index is 1090. The van der Waals surface area contributed by atoms with Gasteiger partial charge >= 0.3 is 0 Å². The highest BCUT2D eigenvalue weighted by Gasteiger charge is 2.29. The van der Waals surface area contributed by atoms with Crippen LogP contribution in [-0.2, 0) is 10.0 Å². The Morgan fingerprint density at radius 3 is 2.41 bits per heavy atom. The third-order valence-corrected chi connectivity index (χ3v) is 7.45. The van der Waals surface area contributed by atoms with Gasteiger partial charge in [-0.25, -0.2) is 13.4 Å². The van der Waals surface area contributed by atoms with Crippen molar-refractivity contribution in [2.24, 2.45) is 0 Å². The van der Waals surface area contributed by atoms with Crippen LogP contribution >= 0.6 is 11.3 Å². The van der Waals surface area contributed by atoms with E-state index < -0.39 is 14.9 Å². The molecule has 0 unspecified atom stereocenters. The number of rotatable bonds is 4. The molecule has 0 amide bonds. The minimum Gasteiger partial charge on any atom is -0.345 e. The molecule has 0 spiro atoms. The summed E-state index contributed by atoms with van der Waals surface area (Å²) >= 11 is 1.38. The molecule has 1 saturated heterocycles. The highest BCUT2D eigenvalue weighted by molar-refractivity contribution is 7.89. The van der Waals surface area contributed by atoms with Gasteiger partial charge in [0.25, 0.3) is 5.69 Å². The molecule has 8 nitrogen and oxygen atoms in total. The van der Waals surface area contributed by atoms with Crippen LogP contribution in [-0.4, -0.2) is 48.8 Å². The zero-order chi connectivity index (χ0) is 19.0. The molecule has 0 saturated carbocycles. The first kappa shape index (κ1) is 17.8. The second kappa shape index (κ2) is 6.87.